The summed E-state index contributed by atoms with van der Waals surface area (Å²) in [6.45, 7) is 10.4. The molecule has 1 aromatic heterocycles. The number of nitrogens with zero attached hydrogens (tertiary/aromatic N) is 2. The number of thiazole rings is 1. The van der Waals surface area contributed by atoms with Gasteiger partial charge >= 0.3 is 0 Å². The van der Waals surface area contributed by atoms with Crippen LogP contribution in [0, 0.1) is 16.7 Å². The summed E-state index contributed by atoms with van der Waals surface area (Å²) in [5, 5.41) is 27.5. The second-order valence-electron chi connectivity index (χ2n) is 9.38. The normalized spacial score (nSPS) is 13.2. The summed E-state index contributed by atoms with van der Waals surface area (Å²) in [7, 11) is 0. The van der Waals surface area contributed by atoms with Crippen molar-refractivity contribution in [2.75, 3.05) is 17.2 Å². The van der Waals surface area contributed by atoms with Gasteiger partial charge in [-0.3, -0.25) is 19.0 Å². The highest BCUT2D eigenvalue weighted by atomic mass is 32.1. The van der Waals surface area contributed by atoms with Crippen LogP contribution in [0.3, 0.4) is 0 Å². The number of amides is 2. The molecule has 182 valence electrons. The van der Waals surface area contributed by atoms with Crippen LogP contribution < -0.4 is 30.7 Å². The minimum absolute atomic E-state index is 0.121. The van der Waals surface area contributed by atoms with Gasteiger partial charge in [-0.2, -0.15) is 5.26 Å². The Bertz CT molecular complexity index is 1290. The summed E-state index contributed by atoms with van der Waals surface area (Å²) in [6, 6.07) is 8.95. The summed E-state index contributed by atoms with van der Waals surface area (Å²) >= 11 is 1.02. The number of benzene rings is 1. The Morgan fingerprint density at radius 3 is 2.41 bits per heavy atom. The lowest BCUT2D eigenvalue weighted by molar-refractivity contribution is -0.123. The summed E-state index contributed by atoms with van der Waals surface area (Å²) in [6.07, 6.45) is 1.51. The van der Waals surface area contributed by atoms with E-state index < -0.39 is 16.9 Å². The number of aliphatic hydroxyl groups is 1. The minimum atomic E-state index is -0.919. The Labute approximate surface area is 202 Å². The SMILES string of the molecule is CCn1c(=O)/c(=C\Nc2cccc(NC(=O)C(C)(C)C)c2)s/c1=C(/C#N)C(=O)NC(C)(C)CO. The van der Waals surface area contributed by atoms with Crippen LogP contribution in [-0.2, 0) is 16.1 Å². The molecular formula is C24H31N5O4S. The molecule has 2 rings (SSSR count). The van der Waals surface area contributed by atoms with Crippen molar-refractivity contribution >= 4 is 46.3 Å². The lowest BCUT2D eigenvalue weighted by Gasteiger charge is -2.22. The number of carbonyl (C=O) groups excluding carboxylic acids is 2. The van der Waals surface area contributed by atoms with Crippen molar-refractivity contribution in [3.05, 3.63) is 43.8 Å². The van der Waals surface area contributed by atoms with Gasteiger partial charge in [-0.05, 0) is 39.0 Å². The zero-order valence-electron chi connectivity index (χ0n) is 20.3. The number of hydrogen-bond donors (Lipinski definition) is 4. The smallest absolute Gasteiger partial charge is 0.270 e. The van der Waals surface area contributed by atoms with Gasteiger partial charge in [-0.1, -0.05) is 26.8 Å². The van der Waals surface area contributed by atoms with Gasteiger partial charge in [0.15, 0.2) is 5.57 Å². The highest BCUT2D eigenvalue weighted by Gasteiger charge is 2.23. The molecule has 0 bridgehead atoms. The molecule has 0 fully saturated rings. The maximum absolute atomic E-state index is 12.9. The van der Waals surface area contributed by atoms with Crippen molar-refractivity contribution in [3.8, 4) is 6.07 Å². The quantitative estimate of drug-likeness (QED) is 0.467. The molecule has 0 aliphatic heterocycles. The maximum atomic E-state index is 12.9. The van der Waals surface area contributed by atoms with Gasteiger partial charge in [-0.25, -0.2) is 0 Å². The van der Waals surface area contributed by atoms with E-state index in [4.69, 9.17) is 0 Å². The van der Waals surface area contributed by atoms with E-state index in [1.807, 2.05) is 26.8 Å². The van der Waals surface area contributed by atoms with Gasteiger partial charge in [0.2, 0.25) is 5.91 Å². The number of aliphatic hydroxyl groups excluding tert-OH is 1. The summed E-state index contributed by atoms with van der Waals surface area (Å²) in [5.74, 6) is -0.781. The van der Waals surface area contributed by atoms with Crippen LogP contribution in [0.5, 0.6) is 0 Å². The highest BCUT2D eigenvalue weighted by Crippen LogP contribution is 2.20. The van der Waals surface area contributed by atoms with Crippen molar-refractivity contribution in [1.82, 2.24) is 9.88 Å². The van der Waals surface area contributed by atoms with Gasteiger partial charge in [0, 0.05) is 29.5 Å². The molecule has 0 atom stereocenters. The zero-order valence-corrected chi connectivity index (χ0v) is 21.1. The number of carbonyl (C=O) groups is 2. The zero-order chi connectivity index (χ0) is 25.7. The van der Waals surface area contributed by atoms with Crippen LogP contribution in [0.4, 0.5) is 11.4 Å². The Balaban J connectivity index is 2.45. The molecule has 0 saturated carbocycles. The number of rotatable bonds is 7. The first-order valence-corrected chi connectivity index (χ1v) is 11.6. The molecule has 1 heterocycles. The van der Waals surface area contributed by atoms with Crippen molar-refractivity contribution < 1.29 is 14.7 Å². The van der Waals surface area contributed by atoms with Crippen molar-refractivity contribution in [3.63, 3.8) is 0 Å². The second-order valence-corrected chi connectivity index (χ2v) is 10.4. The lowest BCUT2D eigenvalue weighted by atomic mass is 9.95. The third-order valence-corrected chi connectivity index (χ3v) is 5.93. The van der Waals surface area contributed by atoms with E-state index in [1.54, 1.807) is 45.0 Å². The molecule has 34 heavy (non-hydrogen) atoms. The number of nitrogens with one attached hydrogen (secondary N) is 3. The molecule has 10 heteroatoms. The Kier molecular flexibility index (Phi) is 8.42. The summed E-state index contributed by atoms with van der Waals surface area (Å²) in [4.78, 5) is 37.8. The second kappa shape index (κ2) is 10.7. The van der Waals surface area contributed by atoms with E-state index in [1.165, 1.54) is 10.8 Å². The largest absolute Gasteiger partial charge is 0.394 e. The molecule has 0 radical (unpaired) electrons. The molecule has 0 saturated heterocycles. The van der Waals surface area contributed by atoms with Gasteiger partial charge in [0.25, 0.3) is 11.5 Å². The van der Waals surface area contributed by atoms with Crippen LogP contribution in [0.2, 0.25) is 0 Å². The van der Waals surface area contributed by atoms with E-state index in [9.17, 15) is 24.8 Å². The van der Waals surface area contributed by atoms with Crippen LogP contribution in [0.1, 0.15) is 41.5 Å². The first-order valence-electron chi connectivity index (χ1n) is 10.8. The van der Waals surface area contributed by atoms with Gasteiger partial charge in [0.05, 0.1) is 12.1 Å². The average molecular weight is 486 g/mol. The van der Waals surface area contributed by atoms with E-state index in [-0.39, 0.29) is 34.9 Å². The predicted molar refractivity (Wildman–Crippen MR) is 134 cm³/mol. The fourth-order valence-electron chi connectivity index (χ4n) is 2.75. The molecule has 4 N–H and O–H groups in total. The summed E-state index contributed by atoms with van der Waals surface area (Å²) in [5.41, 5.74) is -0.735. The van der Waals surface area contributed by atoms with E-state index in [2.05, 4.69) is 16.0 Å². The van der Waals surface area contributed by atoms with E-state index >= 15 is 0 Å². The average Bonchev–Trinajstić information content (AvgIpc) is 3.07. The van der Waals surface area contributed by atoms with E-state index in [0.717, 1.165) is 11.3 Å². The Morgan fingerprint density at radius 2 is 1.85 bits per heavy atom. The van der Waals surface area contributed by atoms with Crippen molar-refractivity contribution in [1.29, 1.82) is 5.26 Å². The van der Waals surface area contributed by atoms with Crippen LogP contribution >= 0.6 is 11.3 Å². The standard InChI is InChI=1S/C24H31N5O4S/c1-7-29-20(32)18(34-21(29)17(12-25)19(31)28-24(5,6)14-30)13-26-15-9-8-10-16(11-15)27-22(33)23(2,3)4/h8-11,13,26,30H,7,14H2,1-6H3,(H,27,33)(H,28,31)/b18-13+,21-17-. The highest BCUT2D eigenvalue weighted by molar-refractivity contribution is 7.07. The predicted octanol–water partition coefficient (Wildman–Crippen LogP) is 1.33. The van der Waals surface area contributed by atoms with Gasteiger partial charge in [-0.15, -0.1) is 11.3 Å². The van der Waals surface area contributed by atoms with Crippen LogP contribution in [-0.4, -0.2) is 33.6 Å². The van der Waals surface area contributed by atoms with Gasteiger partial charge < -0.3 is 21.1 Å². The summed E-state index contributed by atoms with van der Waals surface area (Å²) < 4.78 is 1.91. The van der Waals surface area contributed by atoms with Crippen molar-refractivity contribution in [2.45, 2.75) is 53.6 Å². The molecule has 1 aromatic carbocycles. The number of hydrogen-bond acceptors (Lipinski definition) is 7. The molecule has 2 amide bonds. The lowest BCUT2D eigenvalue weighted by Crippen LogP contribution is -2.47. The molecule has 2 aromatic rings. The minimum Gasteiger partial charge on any atom is -0.394 e. The first kappa shape index (κ1) is 26.8. The molecule has 0 aliphatic rings. The molecular weight excluding hydrogens is 454 g/mol. The fraction of sp³-hybridized carbons (Fsp3) is 0.417. The molecule has 0 unspecified atom stereocenters. The number of anilines is 2. The number of aromatic nitrogens is 1. The fourth-order valence-corrected chi connectivity index (χ4v) is 3.84. The van der Waals surface area contributed by atoms with Gasteiger partial charge in [0.1, 0.15) is 15.3 Å². The molecule has 9 nitrogen and oxygen atoms in total. The van der Waals surface area contributed by atoms with Crippen LogP contribution in [0.15, 0.2) is 29.1 Å². The first-order chi connectivity index (χ1) is 15.8. The molecule has 0 spiro atoms. The third kappa shape index (κ3) is 6.56. The van der Waals surface area contributed by atoms with Crippen LogP contribution in [0.25, 0.3) is 11.8 Å². The number of nitriles is 1. The monoisotopic (exact) mass is 485 g/mol. The third-order valence-electron chi connectivity index (χ3n) is 4.80. The van der Waals surface area contributed by atoms with E-state index in [0.29, 0.717) is 15.9 Å². The molecule has 0 aliphatic carbocycles. The topological polar surface area (TPSA) is 136 Å². The Morgan fingerprint density at radius 1 is 1.21 bits per heavy atom. The van der Waals surface area contributed by atoms with Crippen molar-refractivity contribution in [2.24, 2.45) is 5.41 Å². The maximum Gasteiger partial charge on any atom is 0.270 e. The Hall–Kier alpha value is -3.42.